The van der Waals surface area contributed by atoms with Crippen LogP contribution in [0.3, 0.4) is 0 Å². The van der Waals surface area contributed by atoms with Gasteiger partial charge in [-0.2, -0.15) is 0 Å². The summed E-state index contributed by atoms with van der Waals surface area (Å²) in [6.07, 6.45) is 3.10. The normalized spacial score (nSPS) is 10.1. The van der Waals surface area contributed by atoms with Gasteiger partial charge < -0.3 is 9.15 Å². The zero-order valence-electron chi connectivity index (χ0n) is 8.49. The molecule has 16 heavy (non-hydrogen) atoms. The van der Waals surface area contributed by atoms with Crippen LogP contribution in [-0.2, 0) is 11.3 Å². The molecule has 0 atom stereocenters. The third-order valence-electron chi connectivity index (χ3n) is 2.25. The summed E-state index contributed by atoms with van der Waals surface area (Å²) in [7, 11) is 1.57. The van der Waals surface area contributed by atoms with E-state index in [2.05, 4.69) is 20.9 Å². The van der Waals surface area contributed by atoms with Crippen LogP contribution >= 0.6 is 15.9 Å². The lowest BCUT2D eigenvalue weighted by molar-refractivity contribution is 0.409. The van der Waals surface area contributed by atoms with Gasteiger partial charge in [0.2, 0.25) is 6.08 Å². The van der Waals surface area contributed by atoms with Crippen molar-refractivity contribution in [3.63, 3.8) is 0 Å². The number of nitrogens with zero attached hydrogens (tertiary/aromatic N) is 1. The molecule has 0 aliphatic rings. The monoisotopic (exact) mass is 281 g/mol. The van der Waals surface area contributed by atoms with Gasteiger partial charge in [0.05, 0.1) is 19.9 Å². The number of benzene rings is 1. The number of furan rings is 1. The highest BCUT2D eigenvalue weighted by Crippen LogP contribution is 2.35. The zero-order chi connectivity index (χ0) is 11.5. The Kier molecular flexibility index (Phi) is 3.08. The van der Waals surface area contributed by atoms with E-state index in [0.29, 0.717) is 11.3 Å². The van der Waals surface area contributed by atoms with Crippen molar-refractivity contribution in [3.05, 3.63) is 28.4 Å². The summed E-state index contributed by atoms with van der Waals surface area (Å²) >= 11 is 3.45. The molecule has 0 spiro atoms. The van der Waals surface area contributed by atoms with Gasteiger partial charge in [0.25, 0.3) is 0 Å². The highest BCUT2D eigenvalue weighted by Gasteiger charge is 2.12. The van der Waals surface area contributed by atoms with E-state index < -0.39 is 0 Å². The topological polar surface area (TPSA) is 51.8 Å². The zero-order valence-corrected chi connectivity index (χ0v) is 10.1. The summed E-state index contributed by atoms with van der Waals surface area (Å²) in [4.78, 5) is 13.6. The summed E-state index contributed by atoms with van der Waals surface area (Å²) in [5.41, 5.74) is 1.53. The number of aliphatic imine (C=N–C) groups is 1. The predicted molar refractivity (Wildman–Crippen MR) is 62.3 cm³/mol. The Morgan fingerprint density at radius 1 is 1.62 bits per heavy atom. The van der Waals surface area contributed by atoms with Crippen molar-refractivity contribution in [1.29, 1.82) is 0 Å². The van der Waals surface area contributed by atoms with Crippen molar-refractivity contribution in [2.75, 3.05) is 7.11 Å². The van der Waals surface area contributed by atoms with E-state index >= 15 is 0 Å². The minimum Gasteiger partial charge on any atom is -0.493 e. The fourth-order valence-corrected chi connectivity index (χ4v) is 2.07. The molecule has 5 heteroatoms. The molecular weight excluding hydrogens is 274 g/mol. The Morgan fingerprint density at radius 3 is 3.12 bits per heavy atom. The lowest BCUT2D eigenvalue weighted by atomic mass is 10.1. The minimum atomic E-state index is 0.265. The number of fused-ring (bicyclic) bond motifs is 1. The first-order chi connectivity index (χ1) is 7.77. The quantitative estimate of drug-likeness (QED) is 0.642. The van der Waals surface area contributed by atoms with Crippen molar-refractivity contribution in [2.24, 2.45) is 4.99 Å². The highest BCUT2D eigenvalue weighted by molar-refractivity contribution is 9.10. The van der Waals surface area contributed by atoms with Gasteiger partial charge >= 0.3 is 0 Å². The molecule has 0 radical (unpaired) electrons. The van der Waals surface area contributed by atoms with E-state index in [9.17, 15) is 4.79 Å². The van der Waals surface area contributed by atoms with E-state index in [1.165, 1.54) is 6.08 Å². The fraction of sp³-hybridized carbons (Fsp3) is 0.182. The Hall–Kier alpha value is -1.58. The predicted octanol–water partition coefficient (Wildman–Crippen LogP) is 3.04. The maximum absolute atomic E-state index is 10.1. The van der Waals surface area contributed by atoms with Gasteiger partial charge in [0.15, 0.2) is 11.3 Å². The minimum absolute atomic E-state index is 0.265. The Labute approximate surface area is 100 Å². The molecule has 2 aromatic rings. The number of methoxy groups -OCH3 is 1. The number of carbonyl (C=O) groups excluding carboxylic acids is 1. The van der Waals surface area contributed by atoms with E-state index in [-0.39, 0.29) is 6.54 Å². The third-order valence-corrected chi connectivity index (χ3v) is 3.18. The number of isocyanates is 1. The van der Waals surface area contributed by atoms with Crippen LogP contribution in [0.15, 0.2) is 32.3 Å². The number of halogens is 1. The van der Waals surface area contributed by atoms with Crippen molar-refractivity contribution < 1.29 is 13.9 Å². The molecule has 0 bridgehead atoms. The van der Waals surface area contributed by atoms with Gasteiger partial charge in [0, 0.05) is 9.86 Å². The van der Waals surface area contributed by atoms with Crippen LogP contribution in [0.2, 0.25) is 0 Å². The second-order valence-electron chi connectivity index (χ2n) is 3.12. The van der Waals surface area contributed by atoms with E-state index in [1.807, 2.05) is 6.07 Å². The van der Waals surface area contributed by atoms with Crippen LogP contribution in [0.25, 0.3) is 11.0 Å². The summed E-state index contributed by atoms with van der Waals surface area (Å²) in [6, 6.07) is 3.62. The third kappa shape index (κ3) is 1.75. The molecule has 1 aromatic carbocycles. The van der Waals surface area contributed by atoms with Crippen LogP contribution in [0.4, 0.5) is 0 Å². The highest BCUT2D eigenvalue weighted by atomic mass is 79.9. The molecule has 0 fully saturated rings. The molecule has 4 nitrogen and oxygen atoms in total. The van der Waals surface area contributed by atoms with E-state index in [0.717, 1.165) is 15.4 Å². The Balaban J connectivity index is 2.65. The number of hydrogen-bond acceptors (Lipinski definition) is 4. The van der Waals surface area contributed by atoms with Gasteiger partial charge in [-0.25, -0.2) is 9.79 Å². The van der Waals surface area contributed by atoms with Gasteiger partial charge in [-0.15, -0.1) is 0 Å². The maximum Gasteiger partial charge on any atom is 0.235 e. The summed E-state index contributed by atoms with van der Waals surface area (Å²) in [6.45, 7) is 0.265. The average Bonchev–Trinajstić information content (AvgIpc) is 2.78. The molecular formula is C11H8BrNO3. The van der Waals surface area contributed by atoms with Crippen molar-refractivity contribution in [1.82, 2.24) is 0 Å². The molecule has 0 saturated carbocycles. The molecule has 0 unspecified atom stereocenters. The molecule has 0 aliphatic carbocycles. The lowest BCUT2D eigenvalue weighted by Crippen LogP contribution is -1.89. The van der Waals surface area contributed by atoms with Crippen molar-refractivity contribution in [3.8, 4) is 5.75 Å². The second kappa shape index (κ2) is 4.51. The summed E-state index contributed by atoms with van der Waals surface area (Å²) < 4.78 is 11.4. The van der Waals surface area contributed by atoms with Crippen LogP contribution in [0, 0.1) is 0 Å². The second-order valence-corrected chi connectivity index (χ2v) is 3.92. The molecule has 0 aliphatic heterocycles. The van der Waals surface area contributed by atoms with E-state index in [1.54, 1.807) is 19.4 Å². The van der Waals surface area contributed by atoms with Crippen LogP contribution < -0.4 is 4.74 Å². The first-order valence-corrected chi connectivity index (χ1v) is 5.33. The number of rotatable bonds is 3. The lowest BCUT2D eigenvalue weighted by Gasteiger charge is -2.06. The number of ether oxygens (including phenoxy) is 1. The van der Waals surface area contributed by atoms with Crippen molar-refractivity contribution >= 4 is 33.0 Å². The molecule has 1 aromatic heterocycles. The van der Waals surface area contributed by atoms with E-state index in [4.69, 9.17) is 9.15 Å². The van der Waals surface area contributed by atoms with Gasteiger partial charge in [-0.05, 0) is 33.6 Å². The van der Waals surface area contributed by atoms with Gasteiger partial charge in [-0.3, -0.25) is 0 Å². The molecule has 0 N–H and O–H groups in total. The summed E-state index contributed by atoms with van der Waals surface area (Å²) in [5.74, 6) is 0.624. The molecule has 1 heterocycles. The Bertz CT molecular complexity index is 570. The summed E-state index contributed by atoms with van der Waals surface area (Å²) in [5, 5.41) is 0.899. The van der Waals surface area contributed by atoms with Crippen LogP contribution in [0.1, 0.15) is 5.56 Å². The number of hydrogen-bond donors (Lipinski definition) is 0. The molecule has 82 valence electrons. The Morgan fingerprint density at radius 2 is 2.44 bits per heavy atom. The first kappa shape index (κ1) is 10.9. The fourth-order valence-electron chi connectivity index (χ4n) is 1.52. The smallest absolute Gasteiger partial charge is 0.235 e. The van der Waals surface area contributed by atoms with Crippen LogP contribution in [-0.4, -0.2) is 13.2 Å². The van der Waals surface area contributed by atoms with Gasteiger partial charge in [-0.1, -0.05) is 0 Å². The molecule has 2 rings (SSSR count). The molecule has 0 amide bonds. The molecule has 0 saturated heterocycles. The average molecular weight is 282 g/mol. The standard InChI is InChI=1S/C11H8BrNO3/c1-15-9-4-7(5-13-6-14)10(12)8-2-3-16-11(8)9/h2-4H,5H2,1H3. The van der Waals surface area contributed by atoms with Gasteiger partial charge in [0.1, 0.15) is 0 Å². The largest absolute Gasteiger partial charge is 0.493 e. The SMILES string of the molecule is COc1cc(CN=C=O)c(Br)c2ccoc12. The van der Waals surface area contributed by atoms with Crippen LogP contribution in [0.5, 0.6) is 5.75 Å². The maximum atomic E-state index is 10.1. The van der Waals surface area contributed by atoms with Crippen molar-refractivity contribution in [2.45, 2.75) is 6.54 Å². The first-order valence-electron chi connectivity index (χ1n) is 4.54.